The standard InChI is InChI=1S/C36H51BN4O6/c1-23(43-10)31-28(19-26(21-38-31)40-13-11-39(9)12-14-40)32-29(20-34(3,4)22-45-24(2)42)27-17-25(18-30-33(27)41(32)15-16-44-30)37-46-35(5,6)36(7,8)47-37/h17-19,21,23H,11-16,20,22H2,1-10H3/t23-/m0/s1. The summed E-state index contributed by atoms with van der Waals surface area (Å²) in [4.78, 5) is 21.8. The van der Waals surface area contributed by atoms with Crippen LogP contribution in [-0.2, 0) is 36.5 Å². The molecule has 0 radical (unpaired) electrons. The van der Waals surface area contributed by atoms with E-state index in [2.05, 4.69) is 88.1 Å². The van der Waals surface area contributed by atoms with E-state index >= 15 is 0 Å². The van der Waals surface area contributed by atoms with Gasteiger partial charge in [0.1, 0.15) is 12.4 Å². The number of benzene rings is 1. The van der Waals surface area contributed by atoms with Crippen LogP contribution in [0.15, 0.2) is 24.4 Å². The molecule has 0 spiro atoms. The van der Waals surface area contributed by atoms with Crippen LogP contribution < -0.4 is 15.1 Å². The van der Waals surface area contributed by atoms with Crippen molar-refractivity contribution in [1.29, 1.82) is 0 Å². The van der Waals surface area contributed by atoms with Crippen LogP contribution >= 0.6 is 0 Å². The van der Waals surface area contributed by atoms with Crippen LogP contribution in [0.1, 0.15) is 72.8 Å². The third-order valence-corrected chi connectivity index (χ3v) is 10.4. The third kappa shape index (κ3) is 6.39. The fourth-order valence-electron chi connectivity index (χ4n) is 6.88. The summed E-state index contributed by atoms with van der Waals surface area (Å²) >= 11 is 0. The summed E-state index contributed by atoms with van der Waals surface area (Å²) in [6.07, 6.45) is 2.43. The molecule has 0 bridgehead atoms. The van der Waals surface area contributed by atoms with E-state index in [0.29, 0.717) is 26.2 Å². The van der Waals surface area contributed by atoms with Crippen molar-refractivity contribution in [2.45, 2.75) is 85.7 Å². The van der Waals surface area contributed by atoms with Crippen molar-refractivity contribution >= 4 is 35.1 Å². The lowest BCUT2D eigenvalue weighted by Crippen LogP contribution is -2.44. The minimum absolute atomic E-state index is 0.223. The van der Waals surface area contributed by atoms with Gasteiger partial charge in [-0.15, -0.1) is 0 Å². The highest BCUT2D eigenvalue weighted by Gasteiger charge is 2.52. The van der Waals surface area contributed by atoms with Gasteiger partial charge < -0.3 is 37.9 Å². The molecule has 47 heavy (non-hydrogen) atoms. The number of anilines is 1. The van der Waals surface area contributed by atoms with E-state index in [4.69, 9.17) is 28.5 Å². The van der Waals surface area contributed by atoms with Crippen LogP contribution in [0.25, 0.3) is 22.2 Å². The zero-order valence-corrected chi connectivity index (χ0v) is 29.9. The normalized spacial score (nSPS) is 20.0. The van der Waals surface area contributed by atoms with E-state index in [1.165, 1.54) is 6.92 Å². The zero-order valence-electron chi connectivity index (χ0n) is 29.9. The van der Waals surface area contributed by atoms with Gasteiger partial charge in [-0.05, 0) is 71.2 Å². The highest BCUT2D eigenvalue weighted by molar-refractivity contribution is 6.62. The summed E-state index contributed by atoms with van der Waals surface area (Å²) in [6.45, 7) is 21.5. The number of carbonyl (C=O) groups is 1. The molecule has 5 heterocycles. The Morgan fingerprint density at radius 1 is 1.06 bits per heavy atom. The largest absolute Gasteiger partial charge is 0.494 e. The molecule has 0 unspecified atom stereocenters. The van der Waals surface area contributed by atoms with Crippen molar-refractivity contribution in [3.63, 3.8) is 0 Å². The Labute approximate surface area is 279 Å². The number of rotatable bonds is 9. The molecule has 3 aliphatic rings. The number of likely N-dealkylation sites (N-methyl/N-ethyl adjacent to an activating group) is 1. The van der Waals surface area contributed by atoms with Gasteiger partial charge in [0.15, 0.2) is 0 Å². The maximum atomic E-state index is 11.9. The van der Waals surface area contributed by atoms with Gasteiger partial charge >= 0.3 is 13.1 Å². The topological polar surface area (TPSA) is 87.5 Å². The van der Waals surface area contributed by atoms with Crippen molar-refractivity contribution in [1.82, 2.24) is 14.5 Å². The molecule has 10 nitrogen and oxygen atoms in total. The molecule has 0 saturated carbocycles. The van der Waals surface area contributed by atoms with Crippen LogP contribution in [-0.4, -0.2) is 92.3 Å². The number of ether oxygens (including phenoxy) is 3. The smallest absolute Gasteiger partial charge is 0.490 e. The lowest BCUT2D eigenvalue weighted by Gasteiger charge is -2.34. The van der Waals surface area contributed by atoms with Crippen molar-refractivity contribution in [2.75, 3.05) is 58.5 Å². The van der Waals surface area contributed by atoms with E-state index < -0.39 is 18.3 Å². The van der Waals surface area contributed by atoms with E-state index in [0.717, 1.165) is 76.5 Å². The highest BCUT2D eigenvalue weighted by Crippen LogP contribution is 2.45. The average Bonchev–Trinajstić information content (AvgIpc) is 3.44. The fourth-order valence-corrected chi connectivity index (χ4v) is 6.88. The van der Waals surface area contributed by atoms with Gasteiger partial charge in [-0.25, -0.2) is 0 Å². The predicted molar refractivity (Wildman–Crippen MR) is 186 cm³/mol. The summed E-state index contributed by atoms with van der Waals surface area (Å²) in [6, 6.07) is 6.59. The molecule has 11 heteroatoms. The van der Waals surface area contributed by atoms with Crippen molar-refractivity contribution in [2.24, 2.45) is 5.41 Å². The Morgan fingerprint density at radius 2 is 1.74 bits per heavy atom. The fraction of sp³-hybridized carbons (Fsp3) is 0.611. The van der Waals surface area contributed by atoms with Crippen molar-refractivity contribution in [3.8, 4) is 17.0 Å². The lowest BCUT2D eigenvalue weighted by molar-refractivity contribution is -0.143. The van der Waals surface area contributed by atoms with E-state index in [-0.39, 0.29) is 17.5 Å². The van der Waals surface area contributed by atoms with Crippen molar-refractivity contribution < 1.29 is 28.3 Å². The molecule has 0 N–H and O–H groups in total. The molecular weight excluding hydrogens is 595 g/mol. The molecule has 0 amide bonds. The van der Waals surface area contributed by atoms with Crippen LogP contribution in [0.5, 0.6) is 5.75 Å². The first kappa shape index (κ1) is 33.8. The minimum atomic E-state index is -0.536. The number of piperazine rings is 1. The first-order chi connectivity index (χ1) is 22.1. The molecule has 2 fully saturated rings. The quantitative estimate of drug-likeness (QED) is 0.236. The number of esters is 1. The Kier molecular flexibility index (Phi) is 8.91. The third-order valence-electron chi connectivity index (χ3n) is 10.4. The van der Waals surface area contributed by atoms with Gasteiger partial charge in [-0.1, -0.05) is 19.9 Å². The van der Waals surface area contributed by atoms with Gasteiger partial charge in [0.05, 0.1) is 59.2 Å². The van der Waals surface area contributed by atoms with E-state index in [1.807, 2.05) is 6.20 Å². The predicted octanol–water partition coefficient (Wildman–Crippen LogP) is 4.99. The molecule has 254 valence electrons. The molecule has 0 aliphatic carbocycles. The second-order valence-corrected chi connectivity index (χ2v) is 15.2. The Morgan fingerprint density at radius 3 is 2.38 bits per heavy atom. The summed E-state index contributed by atoms with van der Waals surface area (Å²) in [5, 5.41) is 1.08. The highest BCUT2D eigenvalue weighted by atomic mass is 16.7. The van der Waals surface area contributed by atoms with Crippen LogP contribution in [0.2, 0.25) is 0 Å². The van der Waals surface area contributed by atoms with Gasteiger partial charge in [0.2, 0.25) is 0 Å². The number of aromatic nitrogens is 2. The number of methoxy groups -OCH3 is 1. The summed E-state index contributed by atoms with van der Waals surface area (Å²) in [5.41, 5.74) is 5.97. The molecular formula is C36H51BN4O6. The number of hydrogen-bond acceptors (Lipinski definition) is 9. The van der Waals surface area contributed by atoms with Crippen LogP contribution in [0.4, 0.5) is 5.69 Å². The molecule has 2 aromatic heterocycles. The van der Waals surface area contributed by atoms with Crippen LogP contribution in [0.3, 0.4) is 0 Å². The Bertz CT molecular complexity index is 1640. The monoisotopic (exact) mass is 646 g/mol. The first-order valence-electron chi connectivity index (χ1n) is 16.9. The second-order valence-electron chi connectivity index (χ2n) is 15.2. The summed E-state index contributed by atoms with van der Waals surface area (Å²) < 4.78 is 33.3. The summed E-state index contributed by atoms with van der Waals surface area (Å²) in [7, 11) is 3.36. The van der Waals surface area contributed by atoms with Gasteiger partial charge in [-0.2, -0.15) is 0 Å². The summed E-state index contributed by atoms with van der Waals surface area (Å²) in [5.74, 6) is 0.533. The van der Waals surface area contributed by atoms with E-state index in [9.17, 15) is 4.79 Å². The van der Waals surface area contributed by atoms with Crippen LogP contribution in [0, 0.1) is 5.41 Å². The zero-order chi connectivity index (χ0) is 33.9. The Balaban J connectivity index is 1.58. The maximum absolute atomic E-state index is 11.9. The number of hydrogen-bond donors (Lipinski definition) is 0. The molecule has 6 rings (SSSR count). The number of carbonyl (C=O) groups excluding carboxylic acids is 1. The first-order valence-corrected chi connectivity index (χ1v) is 16.9. The molecule has 1 aromatic carbocycles. The van der Waals surface area contributed by atoms with Gasteiger partial charge in [0, 0.05) is 56.6 Å². The molecule has 3 aromatic rings. The van der Waals surface area contributed by atoms with Gasteiger partial charge in [-0.3, -0.25) is 9.78 Å². The van der Waals surface area contributed by atoms with Gasteiger partial charge in [0.25, 0.3) is 0 Å². The number of nitrogens with zero attached hydrogens (tertiary/aromatic N) is 4. The van der Waals surface area contributed by atoms with E-state index in [1.54, 1.807) is 7.11 Å². The Hall–Kier alpha value is -3.12. The lowest BCUT2D eigenvalue weighted by atomic mass is 9.77. The average molecular weight is 647 g/mol. The molecule has 2 saturated heterocycles. The maximum Gasteiger partial charge on any atom is 0.494 e. The van der Waals surface area contributed by atoms with Crippen molar-refractivity contribution in [3.05, 3.63) is 35.7 Å². The minimum Gasteiger partial charge on any atom is -0.490 e. The second kappa shape index (κ2) is 12.4. The number of pyridine rings is 1. The molecule has 1 atom stereocenters. The molecule has 3 aliphatic heterocycles. The SMILES string of the molecule is CO[C@@H](C)c1ncc(N2CCN(C)CC2)cc1-c1c(CC(C)(C)COC(C)=O)c2cc(B3OC(C)(C)C(C)(C)O3)cc3c2n1CCO3.